The van der Waals surface area contributed by atoms with Crippen molar-refractivity contribution in [1.82, 2.24) is 5.32 Å². The lowest BCUT2D eigenvalue weighted by Crippen LogP contribution is -2.31. The van der Waals surface area contributed by atoms with Crippen LogP contribution in [-0.2, 0) is 4.79 Å². The Bertz CT molecular complexity index is 775. The number of halogens is 1. The smallest absolute Gasteiger partial charge is 0.262 e. The summed E-state index contributed by atoms with van der Waals surface area (Å²) < 4.78 is 5.47. The number of para-hydroxylation sites is 1. The predicted octanol–water partition coefficient (Wildman–Crippen LogP) is 3.80. The number of amides is 2. The molecule has 0 bridgehead atoms. The number of hydrogen-bond donors (Lipinski definition) is 2. The molecule has 0 atom stereocenters. The molecular formula is C19H21ClN2O3. The van der Waals surface area contributed by atoms with E-state index in [1.807, 2.05) is 20.8 Å². The molecule has 0 heterocycles. The summed E-state index contributed by atoms with van der Waals surface area (Å²) in [6.45, 7) is 5.45. The first-order valence-corrected chi connectivity index (χ1v) is 8.33. The van der Waals surface area contributed by atoms with Crippen LogP contribution >= 0.6 is 11.6 Å². The van der Waals surface area contributed by atoms with E-state index in [9.17, 15) is 9.59 Å². The molecule has 6 heteroatoms. The summed E-state index contributed by atoms with van der Waals surface area (Å²) in [5.41, 5.74) is 1.73. The van der Waals surface area contributed by atoms with Crippen LogP contribution in [0.1, 0.15) is 29.8 Å². The van der Waals surface area contributed by atoms with E-state index in [1.54, 1.807) is 42.5 Å². The van der Waals surface area contributed by atoms with Gasteiger partial charge in [-0.15, -0.1) is 0 Å². The van der Waals surface area contributed by atoms with Crippen molar-refractivity contribution in [2.75, 3.05) is 11.9 Å². The summed E-state index contributed by atoms with van der Waals surface area (Å²) in [6, 6.07) is 12.0. The van der Waals surface area contributed by atoms with Gasteiger partial charge in [0, 0.05) is 11.1 Å². The summed E-state index contributed by atoms with van der Waals surface area (Å²) in [7, 11) is 0. The van der Waals surface area contributed by atoms with Gasteiger partial charge in [0.1, 0.15) is 5.75 Å². The molecule has 2 rings (SSSR count). The van der Waals surface area contributed by atoms with Crippen molar-refractivity contribution in [2.24, 2.45) is 0 Å². The Kier molecular flexibility index (Phi) is 6.42. The normalized spacial score (nSPS) is 10.4. The Morgan fingerprint density at radius 3 is 2.56 bits per heavy atom. The first-order chi connectivity index (χ1) is 11.9. The molecule has 0 radical (unpaired) electrons. The largest absolute Gasteiger partial charge is 0.484 e. The zero-order chi connectivity index (χ0) is 18.4. The van der Waals surface area contributed by atoms with Gasteiger partial charge < -0.3 is 15.4 Å². The lowest BCUT2D eigenvalue weighted by Gasteiger charge is -2.13. The van der Waals surface area contributed by atoms with Gasteiger partial charge in [-0.2, -0.15) is 0 Å². The van der Waals surface area contributed by atoms with Crippen molar-refractivity contribution in [2.45, 2.75) is 26.8 Å². The molecule has 2 N–H and O–H groups in total. The van der Waals surface area contributed by atoms with Crippen LogP contribution in [0.25, 0.3) is 0 Å². The van der Waals surface area contributed by atoms with E-state index in [0.29, 0.717) is 22.0 Å². The van der Waals surface area contributed by atoms with Gasteiger partial charge in [0.25, 0.3) is 11.8 Å². The molecule has 5 nitrogen and oxygen atoms in total. The molecule has 0 unspecified atom stereocenters. The van der Waals surface area contributed by atoms with Crippen molar-refractivity contribution >= 4 is 29.1 Å². The summed E-state index contributed by atoms with van der Waals surface area (Å²) >= 11 is 5.96. The fourth-order valence-corrected chi connectivity index (χ4v) is 2.29. The lowest BCUT2D eigenvalue weighted by atomic mass is 10.1. The maximum Gasteiger partial charge on any atom is 0.262 e. The molecule has 2 aromatic carbocycles. The van der Waals surface area contributed by atoms with Crippen LogP contribution in [0, 0.1) is 6.92 Å². The number of hydrogen-bond acceptors (Lipinski definition) is 3. The zero-order valence-electron chi connectivity index (χ0n) is 14.4. The fourth-order valence-electron chi connectivity index (χ4n) is 2.17. The van der Waals surface area contributed by atoms with Gasteiger partial charge in [0.05, 0.1) is 11.3 Å². The Balaban J connectivity index is 2.00. The highest BCUT2D eigenvalue weighted by Crippen LogP contribution is 2.21. The zero-order valence-corrected chi connectivity index (χ0v) is 15.2. The average molecular weight is 361 g/mol. The molecule has 0 aliphatic heterocycles. The van der Waals surface area contributed by atoms with Crippen LogP contribution in [0.3, 0.4) is 0 Å². The highest BCUT2D eigenvalue weighted by Gasteiger charge is 2.14. The molecule has 2 amide bonds. The average Bonchev–Trinajstić information content (AvgIpc) is 2.56. The van der Waals surface area contributed by atoms with Crippen LogP contribution in [0.2, 0.25) is 5.02 Å². The number of carbonyl (C=O) groups is 2. The van der Waals surface area contributed by atoms with Crippen molar-refractivity contribution < 1.29 is 14.3 Å². The highest BCUT2D eigenvalue weighted by molar-refractivity contribution is 6.31. The molecule has 132 valence electrons. The molecule has 0 fully saturated rings. The minimum Gasteiger partial charge on any atom is -0.484 e. The van der Waals surface area contributed by atoms with Crippen LogP contribution in [0.15, 0.2) is 42.5 Å². The Morgan fingerprint density at radius 1 is 1.16 bits per heavy atom. The monoisotopic (exact) mass is 360 g/mol. The molecule has 25 heavy (non-hydrogen) atoms. The third-order valence-corrected chi connectivity index (χ3v) is 3.79. The number of aryl methyl sites for hydroxylation is 1. The van der Waals surface area contributed by atoms with Gasteiger partial charge in [-0.1, -0.05) is 23.7 Å². The lowest BCUT2D eigenvalue weighted by molar-refractivity contribution is -0.118. The van der Waals surface area contributed by atoms with Crippen molar-refractivity contribution in [3.63, 3.8) is 0 Å². The molecule has 0 saturated carbocycles. The van der Waals surface area contributed by atoms with Gasteiger partial charge >= 0.3 is 0 Å². The minimum absolute atomic E-state index is 0.00716. The molecule has 2 aromatic rings. The maximum atomic E-state index is 12.2. The van der Waals surface area contributed by atoms with E-state index in [0.717, 1.165) is 5.56 Å². The van der Waals surface area contributed by atoms with E-state index >= 15 is 0 Å². The standard InChI is InChI=1S/C19H21ClN2O3/c1-12(2)21-19(24)15-6-4-5-7-17(15)22-18(23)11-25-14-8-9-16(20)13(3)10-14/h4-10,12H,11H2,1-3H3,(H,21,24)(H,22,23). The number of carbonyl (C=O) groups excluding carboxylic acids is 2. The topological polar surface area (TPSA) is 67.4 Å². The summed E-state index contributed by atoms with van der Waals surface area (Å²) in [5, 5.41) is 6.16. The Labute approximate surface area is 152 Å². The summed E-state index contributed by atoms with van der Waals surface area (Å²) in [4.78, 5) is 24.3. The van der Waals surface area contributed by atoms with Gasteiger partial charge in [-0.05, 0) is 56.7 Å². The Hall–Kier alpha value is -2.53. The second kappa shape index (κ2) is 8.53. The van der Waals surface area contributed by atoms with E-state index in [4.69, 9.17) is 16.3 Å². The van der Waals surface area contributed by atoms with Crippen molar-refractivity contribution in [3.05, 3.63) is 58.6 Å². The summed E-state index contributed by atoms with van der Waals surface area (Å²) in [5.74, 6) is -0.0274. The quantitative estimate of drug-likeness (QED) is 0.823. The van der Waals surface area contributed by atoms with Gasteiger partial charge in [0.2, 0.25) is 0 Å². The van der Waals surface area contributed by atoms with Crippen molar-refractivity contribution in [3.8, 4) is 5.75 Å². The predicted molar refractivity (Wildman–Crippen MR) is 99.4 cm³/mol. The number of nitrogens with one attached hydrogen (secondary N) is 2. The van der Waals surface area contributed by atoms with E-state index < -0.39 is 0 Å². The Morgan fingerprint density at radius 2 is 1.88 bits per heavy atom. The molecule has 0 aliphatic rings. The first-order valence-electron chi connectivity index (χ1n) is 7.95. The molecule has 0 saturated heterocycles. The molecule has 0 spiro atoms. The van der Waals surface area contributed by atoms with E-state index in [-0.39, 0.29) is 24.5 Å². The maximum absolute atomic E-state index is 12.2. The van der Waals surface area contributed by atoms with Gasteiger partial charge in [0.15, 0.2) is 6.61 Å². The minimum atomic E-state index is -0.350. The van der Waals surface area contributed by atoms with E-state index in [2.05, 4.69) is 10.6 Å². The number of ether oxygens (including phenoxy) is 1. The van der Waals surface area contributed by atoms with Crippen LogP contribution in [0.4, 0.5) is 5.69 Å². The second-order valence-corrected chi connectivity index (χ2v) is 6.33. The highest BCUT2D eigenvalue weighted by atomic mass is 35.5. The first kappa shape index (κ1) is 18.8. The van der Waals surface area contributed by atoms with Gasteiger partial charge in [-0.25, -0.2) is 0 Å². The number of benzene rings is 2. The summed E-state index contributed by atoms with van der Waals surface area (Å²) in [6.07, 6.45) is 0. The molecule has 0 aromatic heterocycles. The SMILES string of the molecule is Cc1cc(OCC(=O)Nc2ccccc2C(=O)NC(C)C)ccc1Cl. The second-order valence-electron chi connectivity index (χ2n) is 5.92. The third kappa shape index (κ3) is 5.50. The van der Waals surface area contributed by atoms with Gasteiger partial charge in [-0.3, -0.25) is 9.59 Å². The number of anilines is 1. The van der Waals surface area contributed by atoms with Crippen LogP contribution < -0.4 is 15.4 Å². The van der Waals surface area contributed by atoms with Crippen molar-refractivity contribution in [1.29, 1.82) is 0 Å². The molecule has 0 aliphatic carbocycles. The van der Waals surface area contributed by atoms with E-state index in [1.165, 1.54) is 0 Å². The fraction of sp³-hybridized carbons (Fsp3) is 0.263. The van der Waals surface area contributed by atoms with Crippen LogP contribution in [-0.4, -0.2) is 24.5 Å². The molecular weight excluding hydrogens is 340 g/mol. The third-order valence-electron chi connectivity index (χ3n) is 3.36. The number of rotatable bonds is 6. The van der Waals surface area contributed by atoms with Crippen LogP contribution in [0.5, 0.6) is 5.75 Å².